The number of rotatable bonds is 2. The molecule has 126 valence electrons. The van der Waals surface area contributed by atoms with Gasteiger partial charge in [0.2, 0.25) is 5.91 Å². The minimum Gasteiger partial charge on any atom is -0.444 e. The van der Waals surface area contributed by atoms with Gasteiger partial charge < -0.3 is 9.64 Å². The second-order valence-electron chi connectivity index (χ2n) is 6.57. The normalized spacial score (nSPS) is 17.2. The molecule has 2 amide bonds. The van der Waals surface area contributed by atoms with Gasteiger partial charge in [-0.2, -0.15) is 0 Å². The zero-order valence-corrected chi connectivity index (χ0v) is 15.5. The summed E-state index contributed by atoms with van der Waals surface area (Å²) in [5.74, 6) is -0.0978. The first-order valence-corrected chi connectivity index (χ1v) is 8.35. The zero-order chi connectivity index (χ0) is 17.2. The van der Waals surface area contributed by atoms with Crippen molar-refractivity contribution in [2.45, 2.75) is 39.3 Å². The lowest BCUT2D eigenvalue weighted by Gasteiger charge is -2.38. The molecule has 1 atom stereocenters. The highest BCUT2D eigenvalue weighted by atomic mass is 79.9. The number of piperazine rings is 1. The van der Waals surface area contributed by atoms with E-state index < -0.39 is 11.7 Å². The van der Waals surface area contributed by atoms with Crippen LogP contribution in [0.5, 0.6) is 0 Å². The Kier molecular flexibility index (Phi) is 5.29. The standard InChI is InChI=1S/C16H22BrN3O3/c1-11(13-6-5-12(17)9-18-13)20-8-7-19(10-14(20)21)15(22)23-16(2,3)4/h5-6,9,11H,7-8,10H2,1-4H3/t11-/m1/s1. The molecule has 0 aromatic carbocycles. The third-order valence-electron chi connectivity index (χ3n) is 3.55. The number of hydrogen-bond donors (Lipinski definition) is 0. The Balaban J connectivity index is 2.00. The van der Waals surface area contributed by atoms with Gasteiger partial charge in [-0.25, -0.2) is 4.79 Å². The van der Waals surface area contributed by atoms with Crippen molar-refractivity contribution >= 4 is 27.9 Å². The number of carbonyl (C=O) groups excluding carboxylic acids is 2. The molecule has 0 radical (unpaired) electrons. The number of ether oxygens (including phenoxy) is 1. The van der Waals surface area contributed by atoms with E-state index >= 15 is 0 Å². The number of carbonyl (C=O) groups is 2. The van der Waals surface area contributed by atoms with Crippen LogP contribution in [0.2, 0.25) is 0 Å². The molecule has 23 heavy (non-hydrogen) atoms. The molecule has 0 saturated carbocycles. The maximum Gasteiger partial charge on any atom is 0.410 e. The average Bonchev–Trinajstić information content (AvgIpc) is 2.45. The summed E-state index contributed by atoms with van der Waals surface area (Å²) in [6.45, 7) is 8.34. The topological polar surface area (TPSA) is 62.7 Å². The average molecular weight is 384 g/mol. The van der Waals surface area contributed by atoms with E-state index in [0.29, 0.717) is 13.1 Å². The lowest BCUT2D eigenvalue weighted by atomic mass is 10.1. The molecule has 0 N–H and O–H groups in total. The van der Waals surface area contributed by atoms with Gasteiger partial charge in [0.15, 0.2) is 0 Å². The first-order valence-electron chi connectivity index (χ1n) is 7.56. The lowest BCUT2D eigenvalue weighted by Crippen LogP contribution is -2.53. The van der Waals surface area contributed by atoms with Crippen LogP contribution in [0.3, 0.4) is 0 Å². The fourth-order valence-corrected chi connectivity index (χ4v) is 2.61. The first-order chi connectivity index (χ1) is 10.7. The number of amides is 2. The molecule has 2 rings (SSSR count). The van der Waals surface area contributed by atoms with Gasteiger partial charge in [0.1, 0.15) is 12.1 Å². The fraction of sp³-hybridized carbons (Fsp3) is 0.562. The number of pyridine rings is 1. The molecule has 1 saturated heterocycles. The molecule has 1 aromatic rings. The van der Waals surface area contributed by atoms with E-state index in [1.807, 2.05) is 39.8 Å². The monoisotopic (exact) mass is 383 g/mol. The number of halogens is 1. The summed E-state index contributed by atoms with van der Waals surface area (Å²) in [5, 5.41) is 0. The fourth-order valence-electron chi connectivity index (χ4n) is 2.37. The predicted molar refractivity (Wildman–Crippen MR) is 89.9 cm³/mol. The van der Waals surface area contributed by atoms with Crippen molar-refractivity contribution < 1.29 is 14.3 Å². The minimum atomic E-state index is -0.564. The van der Waals surface area contributed by atoms with Gasteiger partial charge in [0.25, 0.3) is 0 Å². The third kappa shape index (κ3) is 4.67. The van der Waals surface area contributed by atoms with Gasteiger partial charge >= 0.3 is 6.09 Å². The van der Waals surface area contributed by atoms with Crippen LogP contribution in [0, 0.1) is 0 Å². The zero-order valence-electron chi connectivity index (χ0n) is 13.9. The van der Waals surface area contributed by atoms with E-state index in [9.17, 15) is 9.59 Å². The number of nitrogens with zero attached hydrogens (tertiary/aromatic N) is 3. The van der Waals surface area contributed by atoms with Crippen LogP contribution in [0.4, 0.5) is 4.79 Å². The van der Waals surface area contributed by atoms with Gasteiger partial charge in [-0.15, -0.1) is 0 Å². The van der Waals surface area contributed by atoms with Crippen LogP contribution in [0.15, 0.2) is 22.8 Å². The summed E-state index contributed by atoms with van der Waals surface area (Å²) < 4.78 is 6.22. The molecule has 7 heteroatoms. The molecule has 1 fully saturated rings. The molecule has 0 unspecified atom stereocenters. The van der Waals surface area contributed by atoms with Gasteiger partial charge in [-0.05, 0) is 55.8 Å². The van der Waals surface area contributed by atoms with Crippen molar-refractivity contribution in [3.8, 4) is 0 Å². The SMILES string of the molecule is C[C@H](c1ccc(Br)cn1)N1CCN(C(=O)OC(C)(C)C)CC1=O. The van der Waals surface area contributed by atoms with E-state index in [1.54, 1.807) is 11.1 Å². The predicted octanol–water partition coefficient (Wildman–Crippen LogP) is 2.98. The molecule has 0 bridgehead atoms. The Morgan fingerprint density at radius 3 is 2.57 bits per heavy atom. The van der Waals surface area contributed by atoms with Crippen molar-refractivity contribution in [2.75, 3.05) is 19.6 Å². The highest BCUT2D eigenvalue weighted by molar-refractivity contribution is 9.10. The van der Waals surface area contributed by atoms with Gasteiger partial charge in [-0.3, -0.25) is 14.7 Å². The van der Waals surface area contributed by atoms with Crippen molar-refractivity contribution in [3.05, 3.63) is 28.5 Å². The van der Waals surface area contributed by atoms with Crippen LogP contribution in [0.1, 0.15) is 39.4 Å². The summed E-state index contributed by atoms with van der Waals surface area (Å²) in [5.41, 5.74) is 0.263. The van der Waals surface area contributed by atoms with Crippen molar-refractivity contribution in [1.29, 1.82) is 0 Å². The Hall–Kier alpha value is -1.63. The molecule has 1 aromatic heterocycles. The second kappa shape index (κ2) is 6.86. The van der Waals surface area contributed by atoms with E-state index in [2.05, 4.69) is 20.9 Å². The molecule has 0 aliphatic carbocycles. The smallest absolute Gasteiger partial charge is 0.410 e. The molecular weight excluding hydrogens is 362 g/mol. The molecule has 1 aliphatic rings. The lowest BCUT2D eigenvalue weighted by molar-refractivity contribution is -0.138. The summed E-state index contributed by atoms with van der Waals surface area (Å²) in [7, 11) is 0. The number of hydrogen-bond acceptors (Lipinski definition) is 4. The Morgan fingerprint density at radius 2 is 2.04 bits per heavy atom. The van der Waals surface area contributed by atoms with Gasteiger partial charge in [0.05, 0.1) is 11.7 Å². The van der Waals surface area contributed by atoms with Gasteiger partial charge in [-0.1, -0.05) is 0 Å². The van der Waals surface area contributed by atoms with Gasteiger partial charge in [0, 0.05) is 23.8 Å². The third-order valence-corrected chi connectivity index (χ3v) is 4.02. The quantitative estimate of drug-likeness (QED) is 0.787. The molecule has 6 nitrogen and oxygen atoms in total. The summed E-state index contributed by atoms with van der Waals surface area (Å²) >= 11 is 3.35. The van der Waals surface area contributed by atoms with Crippen LogP contribution in [0.25, 0.3) is 0 Å². The maximum absolute atomic E-state index is 12.4. The Labute approximate surface area is 144 Å². The molecule has 0 spiro atoms. The summed E-state index contributed by atoms with van der Waals surface area (Å²) in [6.07, 6.45) is 1.27. The highest BCUT2D eigenvalue weighted by Gasteiger charge is 2.32. The second-order valence-corrected chi connectivity index (χ2v) is 7.48. The first kappa shape index (κ1) is 17.7. The Morgan fingerprint density at radius 1 is 1.35 bits per heavy atom. The molecule has 1 aliphatic heterocycles. The summed E-state index contributed by atoms with van der Waals surface area (Å²) in [6, 6.07) is 3.67. The Bertz CT molecular complexity index is 583. The van der Waals surface area contributed by atoms with E-state index in [-0.39, 0.29) is 18.5 Å². The van der Waals surface area contributed by atoms with E-state index in [0.717, 1.165) is 10.2 Å². The maximum atomic E-state index is 12.4. The van der Waals surface area contributed by atoms with Crippen LogP contribution in [-0.4, -0.2) is 52.0 Å². The van der Waals surface area contributed by atoms with Crippen molar-refractivity contribution in [1.82, 2.24) is 14.8 Å². The van der Waals surface area contributed by atoms with Crippen LogP contribution < -0.4 is 0 Å². The van der Waals surface area contributed by atoms with E-state index in [4.69, 9.17) is 4.74 Å². The molecular formula is C16H22BrN3O3. The van der Waals surface area contributed by atoms with Crippen LogP contribution in [-0.2, 0) is 9.53 Å². The summed E-state index contributed by atoms with van der Waals surface area (Å²) in [4.78, 5) is 32.0. The number of aromatic nitrogens is 1. The largest absolute Gasteiger partial charge is 0.444 e. The van der Waals surface area contributed by atoms with E-state index in [1.165, 1.54) is 4.90 Å². The minimum absolute atomic E-state index is 0.0375. The highest BCUT2D eigenvalue weighted by Crippen LogP contribution is 2.22. The molecule has 2 heterocycles. The van der Waals surface area contributed by atoms with Crippen molar-refractivity contribution in [2.24, 2.45) is 0 Å². The van der Waals surface area contributed by atoms with Crippen LogP contribution >= 0.6 is 15.9 Å². The van der Waals surface area contributed by atoms with Crippen molar-refractivity contribution in [3.63, 3.8) is 0 Å².